The number of aromatic nitrogens is 2. The average molecular weight is 782 g/mol. The van der Waals surface area contributed by atoms with Crippen molar-refractivity contribution in [2.75, 3.05) is 44.2 Å². The van der Waals surface area contributed by atoms with Gasteiger partial charge in [0.2, 0.25) is 0 Å². The Morgan fingerprint density at radius 1 is 1.00 bits per heavy atom. The number of amides is 1. The molecular formula is C45H57F2N7O3. The van der Waals surface area contributed by atoms with Crippen molar-refractivity contribution in [1.29, 1.82) is 0 Å². The van der Waals surface area contributed by atoms with Crippen LogP contribution in [0.5, 0.6) is 0 Å². The number of halogens is 2. The molecule has 57 heavy (non-hydrogen) atoms. The first-order valence-electron chi connectivity index (χ1n) is 20.9. The number of ether oxygens (including phenoxy) is 1. The third-order valence-electron chi connectivity index (χ3n) is 12.5. The maximum Gasteiger partial charge on any atom is 0.324 e. The van der Waals surface area contributed by atoms with Crippen molar-refractivity contribution in [1.82, 2.24) is 24.9 Å². The summed E-state index contributed by atoms with van der Waals surface area (Å²) in [7, 11) is 0. The zero-order valence-electron chi connectivity index (χ0n) is 34.0. The van der Waals surface area contributed by atoms with Crippen molar-refractivity contribution in [2.45, 2.75) is 110 Å². The second-order valence-corrected chi connectivity index (χ2v) is 17.7. The van der Waals surface area contributed by atoms with Gasteiger partial charge in [-0.1, -0.05) is 45.9 Å². The van der Waals surface area contributed by atoms with Gasteiger partial charge in [0.25, 0.3) is 12.3 Å². The lowest BCUT2D eigenvalue weighted by molar-refractivity contribution is -0.154. The molecule has 3 fully saturated rings. The van der Waals surface area contributed by atoms with Gasteiger partial charge in [-0.2, -0.15) is 0 Å². The highest BCUT2D eigenvalue weighted by Gasteiger charge is 2.35. The number of hydrazine groups is 1. The van der Waals surface area contributed by atoms with Crippen LogP contribution in [0.15, 0.2) is 48.7 Å². The SMILES string of the molecule is CCn1c(-c2cc(N3CCN4CCC[C@@H]4C3)cnc2C(C)C)c2c3cc(ccc31)-c1cc(cc(C(F)F)c1)C[C@H](N)C(=O)N1CCC[C@H](N1)C(=O)OCC(C)(C)C2. The Bertz CT molecular complexity index is 2170. The lowest BCUT2D eigenvalue weighted by Crippen LogP contribution is -2.59. The minimum Gasteiger partial charge on any atom is -0.464 e. The Hall–Kier alpha value is -4.39. The average Bonchev–Trinajstić information content (AvgIpc) is 3.80. The highest BCUT2D eigenvalue weighted by molar-refractivity contribution is 5.96. The largest absolute Gasteiger partial charge is 0.464 e. The number of carbonyl (C=O) groups excluding carboxylic acids is 2. The van der Waals surface area contributed by atoms with Crippen LogP contribution in [-0.2, 0) is 33.7 Å². The summed E-state index contributed by atoms with van der Waals surface area (Å²) in [6.07, 6.45) is 3.57. The molecule has 6 bridgehead atoms. The molecule has 4 aliphatic rings. The van der Waals surface area contributed by atoms with Crippen LogP contribution >= 0.6 is 0 Å². The second kappa shape index (κ2) is 15.8. The number of anilines is 1. The van der Waals surface area contributed by atoms with Gasteiger partial charge in [-0.25, -0.2) is 14.2 Å². The minimum atomic E-state index is -2.71. The van der Waals surface area contributed by atoms with Gasteiger partial charge in [-0.15, -0.1) is 0 Å². The Labute approximate surface area is 334 Å². The monoisotopic (exact) mass is 781 g/mol. The maximum absolute atomic E-state index is 14.5. The van der Waals surface area contributed by atoms with E-state index in [0.29, 0.717) is 49.5 Å². The normalized spacial score (nSPS) is 23.3. The molecule has 0 unspecified atom stereocenters. The summed E-state index contributed by atoms with van der Waals surface area (Å²) in [5.41, 5.74) is 17.4. The van der Waals surface area contributed by atoms with Gasteiger partial charge in [-0.05, 0) is 104 Å². The molecule has 304 valence electrons. The summed E-state index contributed by atoms with van der Waals surface area (Å²) in [4.78, 5) is 37.5. The van der Waals surface area contributed by atoms with Crippen molar-refractivity contribution < 1.29 is 23.1 Å². The first-order chi connectivity index (χ1) is 27.3. The standard InChI is InChI=1S/C45H57F2N7O3/c1-6-53-39-12-11-29-21-34(39)36(41(53)35-22-33(24-49-40(35)27(2)3)52-16-15-51-13-7-9-32(51)25-52)23-45(4,5)26-57-44(56)38-10-8-14-54(50-38)43(55)37(48)19-28-17-30(29)20-31(18-28)42(46)47/h11-12,17-18,20-22,24,27,32,37-38,42,50H,6-10,13-16,19,23,25-26,48H2,1-5H3/t32-,37+,38+/m1/s1. The van der Waals surface area contributed by atoms with Gasteiger partial charge < -0.3 is 19.9 Å². The maximum atomic E-state index is 14.5. The zero-order valence-corrected chi connectivity index (χ0v) is 34.0. The number of alkyl halides is 2. The number of rotatable bonds is 5. The number of nitrogens with two attached hydrogens (primary N) is 1. The smallest absolute Gasteiger partial charge is 0.324 e. The third-order valence-corrected chi connectivity index (χ3v) is 12.5. The van der Waals surface area contributed by atoms with Gasteiger partial charge in [0.15, 0.2) is 0 Å². The first kappa shape index (κ1) is 39.4. The Morgan fingerprint density at radius 3 is 2.58 bits per heavy atom. The van der Waals surface area contributed by atoms with Crippen LogP contribution < -0.4 is 16.1 Å². The van der Waals surface area contributed by atoms with Crippen LogP contribution in [0.25, 0.3) is 33.3 Å². The van der Waals surface area contributed by atoms with E-state index < -0.39 is 35.8 Å². The number of nitrogens with zero attached hydrogens (tertiary/aromatic N) is 5. The van der Waals surface area contributed by atoms with Crippen LogP contribution in [0.3, 0.4) is 0 Å². The number of benzene rings is 2. The summed E-state index contributed by atoms with van der Waals surface area (Å²) in [5.74, 6) is -0.654. The van der Waals surface area contributed by atoms with Crippen molar-refractivity contribution >= 4 is 28.5 Å². The van der Waals surface area contributed by atoms with Gasteiger partial charge in [-0.3, -0.25) is 24.5 Å². The van der Waals surface area contributed by atoms with Gasteiger partial charge in [0, 0.05) is 66.2 Å². The number of pyridine rings is 1. The van der Waals surface area contributed by atoms with E-state index in [1.807, 2.05) is 18.3 Å². The molecule has 2 aromatic heterocycles. The van der Waals surface area contributed by atoms with E-state index in [4.69, 9.17) is 15.5 Å². The summed E-state index contributed by atoms with van der Waals surface area (Å²) >= 11 is 0. The molecule has 2 aromatic carbocycles. The van der Waals surface area contributed by atoms with E-state index >= 15 is 0 Å². The van der Waals surface area contributed by atoms with E-state index in [2.05, 4.69) is 72.6 Å². The van der Waals surface area contributed by atoms with Crippen LogP contribution in [0.2, 0.25) is 0 Å². The third kappa shape index (κ3) is 7.80. The molecule has 0 radical (unpaired) electrons. The zero-order chi connectivity index (χ0) is 40.2. The molecule has 0 spiro atoms. The molecular weight excluding hydrogens is 725 g/mol. The lowest BCUT2D eigenvalue weighted by Gasteiger charge is -2.39. The first-order valence-corrected chi connectivity index (χ1v) is 20.9. The summed E-state index contributed by atoms with van der Waals surface area (Å²) < 4.78 is 37.5. The second-order valence-electron chi connectivity index (χ2n) is 17.7. The Kier molecular flexibility index (Phi) is 10.9. The molecule has 8 rings (SSSR count). The Morgan fingerprint density at radius 2 is 1.81 bits per heavy atom. The van der Waals surface area contributed by atoms with Gasteiger partial charge >= 0.3 is 5.97 Å². The van der Waals surface area contributed by atoms with Crippen LogP contribution in [0.1, 0.15) is 95.0 Å². The van der Waals surface area contributed by atoms with Crippen molar-refractivity contribution in [2.24, 2.45) is 11.1 Å². The number of aryl methyl sites for hydroxylation is 1. The molecule has 3 saturated heterocycles. The van der Waals surface area contributed by atoms with Crippen molar-refractivity contribution in [3.05, 3.63) is 71.0 Å². The summed E-state index contributed by atoms with van der Waals surface area (Å²) in [5, 5.41) is 2.42. The molecule has 4 aromatic rings. The molecule has 6 heterocycles. The van der Waals surface area contributed by atoms with Crippen LogP contribution in [-0.4, -0.2) is 88.8 Å². The van der Waals surface area contributed by atoms with Crippen LogP contribution in [0.4, 0.5) is 14.5 Å². The van der Waals surface area contributed by atoms with Crippen molar-refractivity contribution in [3.63, 3.8) is 0 Å². The minimum absolute atomic E-state index is 0.0643. The number of hydrogen-bond acceptors (Lipinski definition) is 8. The van der Waals surface area contributed by atoms with E-state index in [0.717, 1.165) is 64.3 Å². The fraction of sp³-hybridized carbons (Fsp3) is 0.533. The number of hydrogen-bond donors (Lipinski definition) is 2. The number of cyclic esters (lactones) is 1. The fourth-order valence-corrected chi connectivity index (χ4v) is 9.61. The number of nitrogens with one attached hydrogen (secondary N) is 1. The topological polar surface area (TPSA) is 109 Å². The predicted octanol–water partition coefficient (Wildman–Crippen LogP) is 7.23. The highest BCUT2D eigenvalue weighted by atomic mass is 19.3. The van der Waals surface area contributed by atoms with E-state index in [-0.39, 0.29) is 24.5 Å². The van der Waals surface area contributed by atoms with Gasteiger partial charge in [0.05, 0.1) is 35.9 Å². The number of carbonyl (C=O) groups is 2. The molecule has 0 aliphatic carbocycles. The highest BCUT2D eigenvalue weighted by Crippen LogP contribution is 2.43. The molecule has 4 aliphatic heterocycles. The predicted molar refractivity (Wildman–Crippen MR) is 220 cm³/mol. The van der Waals surface area contributed by atoms with Crippen LogP contribution in [0, 0.1) is 5.41 Å². The summed E-state index contributed by atoms with van der Waals surface area (Å²) in [6, 6.07) is 12.3. The van der Waals surface area contributed by atoms with E-state index in [9.17, 15) is 18.4 Å². The van der Waals surface area contributed by atoms with Gasteiger partial charge in [0.1, 0.15) is 6.04 Å². The number of esters is 1. The van der Waals surface area contributed by atoms with Crippen molar-refractivity contribution in [3.8, 4) is 22.4 Å². The molecule has 1 amide bonds. The molecule has 3 atom stereocenters. The number of piperazine rings is 1. The molecule has 0 saturated carbocycles. The quantitative estimate of drug-likeness (QED) is 0.205. The van der Waals surface area contributed by atoms with E-state index in [1.165, 1.54) is 30.5 Å². The molecule has 12 heteroatoms. The fourth-order valence-electron chi connectivity index (χ4n) is 9.61. The van der Waals surface area contributed by atoms with E-state index in [1.54, 1.807) is 6.07 Å². The molecule has 10 nitrogen and oxygen atoms in total. The molecule has 3 N–H and O–H groups in total. The Balaban J connectivity index is 1.31. The number of fused-ring (bicyclic) bond motifs is 7. The lowest BCUT2D eigenvalue weighted by atomic mass is 9.83. The summed E-state index contributed by atoms with van der Waals surface area (Å²) in [6.45, 7) is 16.2.